The summed E-state index contributed by atoms with van der Waals surface area (Å²) in [4.78, 5) is 97.2. The molecule has 2 fully saturated rings. The highest BCUT2D eigenvalue weighted by Crippen LogP contribution is 2.35. The van der Waals surface area contributed by atoms with Crippen LogP contribution in [0.1, 0.15) is 181 Å². The average molecular weight is 1610 g/mol. The topological polar surface area (TPSA) is 264 Å². The highest BCUT2D eigenvalue weighted by Gasteiger charge is 2.31. The standard InChI is InChI=1S/C38H49N3O6.C27H28BrNO4.C27H29N3O4/c1-9-45-33-18-15-26(25-41-21-19-29(20-22-41)40(8)36(44)47-38(5,6)7)23-31(33)34(42)39-32-24-28(27-13-11-10-12-14-27)16-17-30(32)35(43)46-37(2,3)4;1-5-32-24-14-11-18(17-28)15-22(24)25(30)29-23-16-20(19-9-7-6-8-10-19)12-13-21(23)26(31)33-27(2,3)4;1-28-21-11-13-30(14-12-21)17-18-7-10-25(31)23(15-18)26(32)29-24-16-20(8-9-22(24)27(33)34)19-5-3-2-4-6-19/h10-18,23-24,29H,9,19-22,25H2,1-8H3,(H,39,42);6-16H,5,17H2,1-4H3,(H,29,30);2-10,15-16,21,28,31H,11-14,17H2,1H3,(H,29,32)(H,33,34). The van der Waals surface area contributed by atoms with Crippen LogP contribution in [-0.2, 0) is 32.6 Å². The van der Waals surface area contributed by atoms with Crippen LogP contribution in [0.15, 0.2) is 200 Å². The molecule has 0 radical (unpaired) electrons. The summed E-state index contributed by atoms with van der Waals surface area (Å²) in [6.45, 7) is 25.9. The first-order valence-corrected chi connectivity index (χ1v) is 39.6. The number of carboxylic acid groups (broad SMARTS) is 1. The Morgan fingerprint density at radius 2 is 0.798 bits per heavy atom. The Kier molecular flexibility index (Phi) is 30.5. The quantitative estimate of drug-likeness (QED) is 0.0197. The van der Waals surface area contributed by atoms with Crippen LogP contribution in [0.25, 0.3) is 33.4 Å². The average Bonchev–Trinajstić information content (AvgIpc) is 0.833. The van der Waals surface area contributed by atoms with Crippen molar-refractivity contribution in [1.29, 1.82) is 0 Å². The molecular formula is C92H106BrN7O14. The smallest absolute Gasteiger partial charge is 0.410 e. The number of nitrogens with one attached hydrogen (secondary N) is 4. The highest BCUT2D eigenvalue weighted by atomic mass is 79.9. The minimum absolute atomic E-state index is 0.0175. The molecular weight excluding hydrogens is 1510 g/mol. The maximum absolute atomic E-state index is 13.9. The van der Waals surface area contributed by atoms with Crippen LogP contribution in [0.3, 0.4) is 0 Å². The van der Waals surface area contributed by atoms with E-state index in [9.17, 15) is 43.8 Å². The van der Waals surface area contributed by atoms with Crippen molar-refractivity contribution in [1.82, 2.24) is 20.0 Å². The Labute approximate surface area is 677 Å². The maximum atomic E-state index is 13.9. The number of benzene rings is 9. The highest BCUT2D eigenvalue weighted by molar-refractivity contribution is 9.08. The molecule has 114 heavy (non-hydrogen) atoms. The second-order valence-corrected chi connectivity index (χ2v) is 31.6. The number of phenolic OH excluding ortho intramolecular Hbond substituents is 1. The SMILES string of the molecule is CCOc1ccc(CBr)cc1C(=O)Nc1cc(-c2ccccc2)ccc1C(=O)OC(C)(C)C.CCOc1ccc(CN2CCC(N(C)C(=O)OC(C)(C)C)CC2)cc1C(=O)Nc1cc(-c2ccccc2)ccc1C(=O)OC(C)(C)C.CNC1CCN(Cc2ccc(O)c(C(=O)Nc3cc(-c4ccccc4)ccc3C(=O)O)c2)CC1. The van der Waals surface area contributed by atoms with Gasteiger partial charge in [-0.3, -0.25) is 24.2 Å². The molecule has 0 saturated carbocycles. The summed E-state index contributed by atoms with van der Waals surface area (Å²) >= 11 is 3.43. The molecule has 600 valence electrons. The molecule has 9 aromatic rings. The number of halogens is 1. The molecule has 2 heterocycles. The van der Waals surface area contributed by atoms with Gasteiger partial charge >= 0.3 is 24.0 Å². The van der Waals surface area contributed by atoms with Crippen molar-refractivity contribution >= 4 is 74.7 Å². The molecule has 11 rings (SSSR count). The van der Waals surface area contributed by atoms with Crippen LogP contribution in [0.2, 0.25) is 0 Å². The van der Waals surface area contributed by atoms with Gasteiger partial charge in [-0.15, -0.1) is 0 Å². The van der Waals surface area contributed by atoms with Crippen LogP contribution in [0.4, 0.5) is 21.9 Å². The Morgan fingerprint density at radius 1 is 0.439 bits per heavy atom. The number of carbonyl (C=O) groups excluding carboxylic acids is 6. The molecule has 0 aliphatic carbocycles. The predicted octanol–water partition coefficient (Wildman–Crippen LogP) is 18.8. The van der Waals surface area contributed by atoms with Gasteiger partial charge in [-0.05, 0) is 245 Å². The zero-order chi connectivity index (χ0) is 82.4. The molecule has 0 unspecified atom stereocenters. The number of anilines is 3. The fraction of sp³-hybridized carbons (Fsp3) is 0.337. The largest absolute Gasteiger partial charge is 0.507 e. The number of carbonyl (C=O) groups is 7. The molecule has 9 aromatic carbocycles. The van der Waals surface area contributed by atoms with E-state index in [0.717, 1.165) is 102 Å². The third-order valence-electron chi connectivity index (χ3n) is 18.8. The van der Waals surface area contributed by atoms with E-state index in [2.05, 4.69) is 47.0 Å². The van der Waals surface area contributed by atoms with Crippen LogP contribution < -0.4 is 30.7 Å². The fourth-order valence-electron chi connectivity index (χ4n) is 13.1. The van der Waals surface area contributed by atoms with Gasteiger partial charge in [0.1, 0.15) is 34.1 Å². The van der Waals surface area contributed by atoms with Crippen molar-refractivity contribution in [3.63, 3.8) is 0 Å². The number of alkyl halides is 1. The number of esters is 2. The Balaban J connectivity index is 0.000000200. The summed E-state index contributed by atoms with van der Waals surface area (Å²) in [7, 11) is 3.78. The third kappa shape index (κ3) is 25.2. The zero-order valence-electron chi connectivity index (χ0n) is 67.4. The van der Waals surface area contributed by atoms with Gasteiger partial charge in [0, 0.05) is 50.6 Å². The number of carboxylic acids is 1. The number of rotatable bonds is 23. The van der Waals surface area contributed by atoms with E-state index in [0.29, 0.717) is 71.7 Å². The lowest BCUT2D eigenvalue weighted by atomic mass is 10.0. The second kappa shape index (κ2) is 40.0. The van der Waals surface area contributed by atoms with Crippen LogP contribution in [-0.4, -0.2) is 149 Å². The van der Waals surface area contributed by atoms with E-state index in [1.165, 1.54) is 12.1 Å². The Hall–Kier alpha value is -11.2. The number of piperidine rings is 2. The van der Waals surface area contributed by atoms with Crippen molar-refractivity contribution in [3.05, 3.63) is 250 Å². The molecule has 6 N–H and O–H groups in total. The minimum Gasteiger partial charge on any atom is -0.507 e. The van der Waals surface area contributed by atoms with E-state index < -0.39 is 40.6 Å². The monoisotopic (exact) mass is 1610 g/mol. The maximum Gasteiger partial charge on any atom is 0.410 e. The molecule has 0 bridgehead atoms. The number of amides is 4. The first-order valence-electron chi connectivity index (χ1n) is 38.5. The summed E-state index contributed by atoms with van der Waals surface area (Å²) in [6, 6.07) is 61.3. The fourth-order valence-corrected chi connectivity index (χ4v) is 13.5. The summed E-state index contributed by atoms with van der Waals surface area (Å²) in [5.41, 5.74) is 8.59. The normalized spacial score (nSPS) is 13.5. The molecule has 0 atom stereocenters. The van der Waals surface area contributed by atoms with Crippen LogP contribution in [0.5, 0.6) is 17.2 Å². The molecule has 0 aromatic heterocycles. The minimum atomic E-state index is -1.14. The first-order chi connectivity index (χ1) is 54.3. The third-order valence-corrected chi connectivity index (χ3v) is 19.5. The molecule has 22 heteroatoms. The van der Waals surface area contributed by atoms with Crippen molar-refractivity contribution in [3.8, 4) is 50.6 Å². The van der Waals surface area contributed by atoms with Crippen molar-refractivity contribution in [2.45, 2.75) is 149 Å². The zero-order valence-corrected chi connectivity index (χ0v) is 69.0. The van der Waals surface area contributed by atoms with E-state index in [-0.39, 0.29) is 57.6 Å². The summed E-state index contributed by atoms with van der Waals surface area (Å²) < 4.78 is 28.3. The number of likely N-dealkylation sites (tertiary alicyclic amines) is 2. The van der Waals surface area contributed by atoms with Crippen molar-refractivity contribution in [2.75, 3.05) is 69.4 Å². The number of phenols is 1. The van der Waals surface area contributed by atoms with Gasteiger partial charge in [0.2, 0.25) is 0 Å². The van der Waals surface area contributed by atoms with Gasteiger partial charge in [-0.2, -0.15) is 0 Å². The molecule has 4 amide bonds. The van der Waals surface area contributed by atoms with Gasteiger partial charge in [-0.1, -0.05) is 143 Å². The Bertz CT molecular complexity index is 4810. The number of hydrogen-bond acceptors (Lipinski definition) is 16. The van der Waals surface area contributed by atoms with Crippen molar-refractivity contribution < 1.29 is 67.5 Å². The Morgan fingerprint density at radius 3 is 1.18 bits per heavy atom. The van der Waals surface area contributed by atoms with Gasteiger partial charge < -0.3 is 60.1 Å². The van der Waals surface area contributed by atoms with Gasteiger partial charge in [0.25, 0.3) is 17.7 Å². The first kappa shape index (κ1) is 86.8. The number of aromatic hydroxyl groups is 1. The number of hydrogen-bond donors (Lipinski definition) is 6. The molecule has 21 nitrogen and oxygen atoms in total. The van der Waals surface area contributed by atoms with E-state index in [1.807, 2.05) is 217 Å². The van der Waals surface area contributed by atoms with Gasteiger partial charge in [0.05, 0.1) is 63.7 Å². The molecule has 2 saturated heterocycles. The summed E-state index contributed by atoms with van der Waals surface area (Å²) in [6.07, 6.45) is 3.48. The van der Waals surface area contributed by atoms with Gasteiger partial charge in [-0.25, -0.2) is 19.2 Å². The van der Waals surface area contributed by atoms with Crippen LogP contribution >= 0.6 is 15.9 Å². The summed E-state index contributed by atoms with van der Waals surface area (Å²) in [5.74, 6) is -2.67. The number of ether oxygens (including phenoxy) is 5. The second-order valence-electron chi connectivity index (χ2n) is 31.0. The molecule has 0 spiro atoms. The van der Waals surface area contributed by atoms with Gasteiger partial charge in [0.15, 0.2) is 0 Å². The molecule has 2 aliphatic rings. The van der Waals surface area contributed by atoms with E-state index >= 15 is 0 Å². The number of aromatic carboxylic acids is 1. The predicted molar refractivity (Wildman–Crippen MR) is 452 cm³/mol. The summed E-state index contributed by atoms with van der Waals surface area (Å²) in [5, 5.41) is 32.5. The number of nitrogens with zero attached hydrogens (tertiary/aromatic N) is 3. The molecule has 2 aliphatic heterocycles. The lowest BCUT2D eigenvalue weighted by molar-refractivity contribution is 0.00580. The lowest BCUT2D eigenvalue weighted by Gasteiger charge is -2.37. The lowest BCUT2D eigenvalue weighted by Crippen LogP contribution is -2.46. The van der Waals surface area contributed by atoms with E-state index in [4.69, 9.17) is 23.7 Å². The van der Waals surface area contributed by atoms with Crippen LogP contribution in [0, 0.1) is 0 Å². The van der Waals surface area contributed by atoms with E-state index in [1.54, 1.807) is 66.5 Å². The van der Waals surface area contributed by atoms with Crippen molar-refractivity contribution in [2.24, 2.45) is 0 Å².